The Bertz CT molecular complexity index is 547. The summed E-state index contributed by atoms with van der Waals surface area (Å²) in [5.41, 5.74) is 6.18. The molecule has 0 spiro atoms. The van der Waals surface area contributed by atoms with Gasteiger partial charge in [0, 0.05) is 24.7 Å². The smallest absolute Gasteiger partial charge is 0.243 e. The molecular formula is C11H15ClN2O3S. The van der Waals surface area contributed by atoms with E-state index in [1.54, 1.807) is 6.07 Å². The number of β-amino-alcohol motifs (C(OH)–C–C–N with tert-alkyl or cyclic N) is 1. The predicted molar refractivity (Wildman–Crippen MR) is 68.7 cm³/mol. The second kappa shape index (κ2) is 5.14. The molecule has 100 valence electrons. The van der Waals surface area contributed by atoms with Gasteiger partial charge < -0.3 is 10.8 Å². The van der Waals surface area contributed by atoms with E-state index in [1.165, 1.54) is 16.4 Å². The average Bonchev–Trinajstić information content (AvgIpc) is 2.76. The number of hydrogen-bond donors (Lipinski definition) is 2. The van der Waals surface area contributed by atoms with Crippen LogP contribution in [0.4, 0.5) is 0 Å². The molecule has 1 aliphatic rings. The summed E-state index contributed by atoms with van der Waals surface area (Å²) >= 11 is 5.96. The molecule has 1 saturated heterocycles. The number of hydrogen-bond acceptors (Lipinski definition) is 4. The van der Waals surface area contributed by atoms with Gasteiger partial charge in [0.05, 0.1) is 11.0 Å². The molecule has 1 aromatic carbocycles. The highest BCUT2D eigenvalue weighted by molar-refractivity contribution is 7.89. The Hall–Kier alpha value is -0.660. The maximum absolute atomic E-state index is 12.3. The van der Waals surface area contributed by atoms with Crippen molar-refractivity contribution >= 4 is 21.6 Å². The maximum atomic E-state index is 12.3. The summed E-state index contributed by atoms with van der Waals surface area (Å²) in [7, 11) is -3.57. The van der Waals surface area contributed by atoms with E-state index >= 15 is 0 Å². The summed E-state index contributed by atoms with van der Waals surface area (Å²) in [4.78, 5) is 0.138. The molecule has 5 nitrogen and oxygen atoms in total. The van der Waals surface area contributed by atoms with Crippen molar-refractivity contribution in [3.05, 3.63) is 28.8 Å². The van der Waals surface area contributed by atoms with Crippen molar-refractivity contribution in [3.63, 3.8) is 0 Å². The molecule has 1 aliphatic heterocycles. The molecule has 7 heteroatoms. The third-order valence-electron chi connectivity index (χ3n) is 3.01. The molecule has 2 rings (SSSR count). The highest BCUT2D eigenvalue weighted by Gasteiger charge is 2.31. The fourth-order valence-corrected chi connectivity index (χ4v) is 3.77. The van der Waals surface area contributed by atoms with Gasteiger partial charge in [-0.25, -0.2) is 8.42 Å². The Labute approximate surface area is 111 Å². The lowest BCUT2D eigenvalue weighted by atomic mass is 10.2. The Morgan fingerprint density at radius 2 is 2.22 bits per heavy atom. The molecule has 1 fully saturated rings. The normalized spacial score (nSPS) is 21.4. The van der Waals surface area contributed by atoms with Crippen molar-refractivity contribution in [2.75, 3.05) is 13.1 Å². The van der Waals surface area contributed by atoms with Crippen LogP contribution in [0.3, 0.4) is 0 Å². The maximum Gasteiger partial charge on any atom is 0.243 e. The average molecular weight is 291 g/mol. The van der Waals surface area contributed by atoms with Crippen LogP contribution < -0.4 is 5.73 Å². The van der Waals surface area contributed by atoms with Gasteiger partial charge in [0.2, 0.25) is 10.0 Å². The Kier molecular flexibility index (Phi) is 3.93. The standard InChI is InChI=1S/C11H15ClN2O3S/c12-11-5-10(2-1-8(11)6-13)18(16,17)14-4-3-9(15)7-14/h1-2,5,9,15H,3-4,6-7,13H2. The van der Waals surface area contributed by atoms with Crippen molar-refractivity contribution < 1.29 is 13.5 Å². The zero-order valence-electron chi connectivity index (χ0n) is 9.71. The van der Waals surface area contributed by atoms with Crippen molar-refractivity contribution in [1.82, 2.24) is 4.31 Å². The lowest BCUT2D eigenvalue weighted by Crippen LogP contribution is -2.29. The summed E-state index contributed by atoms with van der Waals surface area (Å²) in [5, 5.41) is 9.74. The van der Waals surface area contributed by atoms with Gasteiger partial charge in [-0.1, -0.05) is 17.7 Å². The molecule has 0 radical (unpaired) electrons. The fourth-order valence-electron chi connectivity index (χ4n) is 1.93. The van der Waals surface area contributed by atoms with Crippen LogP contribution in [0.2, 0.25) is 5.02 Å². The lowest BCUT2D eigenvalue weighted by Gasteiger charge is -2.16. The molecule has 3 N–H and O–H groups in total. The van der Waals surface area contributed by atoms with E-state index in [-0.39, 0.29) is 18.0 Å². The van der Waals surface area contributed by atoms with Crippen LogP contribution in [0.25, 0.3) is 0 Å². The number of aliphatic hydroxyl groups excluding tert-OH is 1. The van der Waals surface area contributed by atoms with Crippen molar-refractivity contribution in [3.8, 4) is 0 Å². The minimum absolute atomic E-state index is 0.137. The van der Waals surface area contributed by atoms with Crippen LogP contribution in [0.15, 0.2) is 23.1 Å². The molecule has 1 aromatic rings. The van der Waals surface area contributed by atoms with Crippen molar-refractivity contribution in [2.45, 2.75) is 24.0 Å². The van der Waals surface area contributed by atoms with E-state index in [0.29, 0.717) is 23.6 Å². The highest BCUT2D eigenvalue weighted by atomic mass is 35.5. The topological polar surface area (TPSA) is 83.6 Å². The quantitative estimate of drug-likeness (QED) is 0.852. The number of aliphatic hydroxyl groups is 1. The van der Waals surface area contributed by atoms with Crippen molar-refractivity contribution in [1.29, 1.82) is 0 Å². The summed E-state index contributed by atoms with van der Waals surface area (Å²) in [5.74, 6) is 0. The third kappa shape index (κ3) is 2.53. The molecule has 18 heavy (non-hydrogen) atoms. The second-order valence-electron chi connectivity index (χ2n) is 4.26. The largest absolute Gasteiger partial charge is 0.392 e. The van der Waals surface area contributed by atoms with E-state index in [2.05, 4.69) is 0 Å². The number of benzene rings is 1. The molecule has 1 atom stereocenters. The van der Waals surface area contributed by atoms with Gasteiger partial charge in [-0.05, 0) is 24.1 Å². The van der Waals surface area contributed by atoms with Crippen LogP contribution >= 0.6 is 11.6 Å². The van der Waals surface area contributed by atoms with E-state index < -0.39 is 16.1 Å². The molecular weight excluding hydrogens is 276 g/mol. The Morgan fingerprint density at radius 1 is 1.50 bits per heavy atom. The van der Waals surface area contributed by atoms with Crippen LogP contribution in [-0.4, -0.2) is 37.0 Å². The first-order valence-electron chi connectivity index (χ1n) is 5.62. The predicted octanol–water partition coefficient (Wildman–Crippen LogP) is 0.554. The first kappa shape index (κ1) is 13.8. The van der Waals surface area contributed by atoms with Crippen LogP contribution in [0.1, 0.15) is 12.0 Å². The van der Waals surface area contributed by atoms with Gasteiger partial charge in [-0.15, -0.1) is 0 Å². The second-order valence-corrected chi connectivity index (χ2v) is 6.61. The Morgan fingerprint density at radius 3 is 2.72 bits per heavy atom. The number of sulfonamides is 1. The van der Waals surface area contributed by atoms with E-state index in [9.17, 15) is 13.5 Å². The van der Waals surface area contributed by atoms with Gasteiger partial charge in [-0.3, -0.25) is 0 Å². The van der Waals surface area contributed by atoms with E-state index in [1.807, 2.05) is 0 Å². The third-order valence-corrected chi connectivity index (χ3v) is 5.22. The van der Waals surface area contributed by atoms with Gasteiger partial charge in [-0.2, -0.15) is 4.31 Å². The number of halogens is 1. The zero-order valence-corrected chi connectivity index (χ0v) is 11.3. The minimum Gasteiger partial charge on any atom is -0.392 e. The number of rotatable bonds is 3. The molecule has 0 aliphatic carbocycles. The molecule has 0 bridgehead atoms. The SMILES string of the molecule is NCc1ccc(S(=O)(=O)N2CCC(O)C2)cc1Cl. The van der Waals surface area contributed by atoms with Gasteiger partial charge >= 0.3 is 0 Å². The first-order chi connectivity index (χ1) is 8.45. The summed E-state index contributed by atoms with van der Waals surface area (Å²) in [6.45, 7) is 0.736. The molecule has 0 amide bonds. The molecule has 0 aromatic heterocycles. The fraction of sp³-hybridized carbons (Fsp3) is 0.455. The lowest BCUT2D eigenvalue weighted by molar-refractivity contribution is 0.189. The van der Waals surface area contributed by atoms with E-state index in [4.69, 9.17) is 17.3 Å². The summed E-state index contributed by atoms with van der Waals surface area (Å²) in [6, 6.07) is 4.51. The van der Waals surface area contributed by atoms with Gasteiger partial charge in [0.1, 0.15) is 0 Å². The number of nitrogens with two attached hydrogens (primary N) is 1. The van der Waals surface area contributed by atoms with Crippen LogP contribution in [0, 0.1) is 0 Å². The number of nitrogens with zero attached hydrogens (tertiary/aromatic N) is 1. The van der Waals surface area contributed by atoms with Gasteiger partial charge in [0.25, 0.3) is 0 Å². The highest BCUT2D eigenvalue weighted by Crippen LogP contribution is 2.25. The molecule has 1 unspecified atom stereocenters. The first-order valence-corrected chi connectivity index (χ1v) is 7.43. The van der Waals surface area contributed by atoms with Gasteiger partial charge in [0.15, 0.2) is 0 Å². The van der Waals surface area contributed by atoms with E-state index in [0.717, 1.165) is 0 Å². The minimum atomic E-state index is -3.57. The summed E-state index contributed by atoms with van der Waals surface area (Å²) < 4.78 is 25.8. The zero-order chi connectivity index (χ0) is 13.3. The Balaban J connectivity index is 2.33. The van der Waals surface area contributed by atoms with Crippen LogP contribution in [-0.2, 0) is 16.6 Å². The molecule has 1 heterocycles. The van der Waals surface area contributed by atoms with Crippen LogP contribution in [0.5, 0.6) is 0 Å². The summed E-state index contributed by atoms with van der Waals surface area (Å²) in [6.07, 6.45) is -0.119. The monoisotopic (exact) mass is 290 g/mol. The molecule has 0 saturated carbocycles. The van der Waals surface area contributed by atoms with Crippen molar-refractivity contribution in [2.24, 2.45) is 5.73 Å².